The quantitative estimate of drug-likeness (QED) is 0.683. The molecule has 2 heterocycles. The van der Waals surface area contributed by atoms with Crippen LogP contribution in [0.4, 0.5) is 23.7 Å². The summed E-state index contributed by atoms with van der Waals surface area (Å²) in [6.07, 6.45) is -2.34. The maximum atomic E-state index is 12.8. The summed E-state index contributed by atoms with van der Waals surface area (Å²) in [5.74, 6) is 0. The molecule has 0 bridgehead atoms. The second-order valence-electron chi connectivity index (χ2n) is 8.05. The topological polar surface area (TPSA) is 63.2 Å². The summed E-state index contributed by atoms with van der Waals surface area (Å²) < 4.78 is 38.3. The van der Waals surface area contributed by atoms with Gasteiger partial charge in [-0.15, -0.1) is 5.06 Å². The summed E-state index contributed by atoms with van der Waals surface area (Å²) in [7, 11) is 0. The smallest absolute Gasteiger partial charge is 0.388 e. The van der Waals surface area contributed by atoms with Crippen molar-refractivity contribution in [1.82, 2.24) is 5.06 Å². The molecule has 1 spiro atoms. The van der Waals surface area contributed by atoms with Crippen molar-refractivity contribution >= 4 is 17.5 Å². The van der Waals surface area contributed by atoms with Gasteiger partial charge >= 0.3 is 12.3 Å². The first-order chi connectivity index (χ1) is 15.3. The molecule has 32 heavy (non-hydrogen) atoms. The number of benzene rings is 2. The van der Waals surface area contributed by atoms with E-state index in [2.05, 4.69) is 17.4 Å². The van der Waals surface area contributed by atoms with Crippen LogP contribution in [0.15, 0.2) is 53.7 Å². The maximum Gasteiger partial charge on any atom is 0.430 e. The Kier molecular flexibility index (Phi) is 6.10. The first kappa shape index (κ1) is 22.1. The number of hydroxylamine groups is 2. The molecule has 2 aliphatic rings. The van der Waals surface area contributed by atoms with Crippen molar-refractivity contribution in [2.24, 2.45) is 5.16 Å². The number of alkyl halides is 3. The van der Waals surface area contributed by atoms with E-state index < -0.39 is 23.4 Å². The zero-order chi connectivity index (χ0) is 22.8. The van der Waals surface area contributed by atoms with Gasteiger partial charge in [0, 0.05) is 38.0 Å². The Labute approximate surface area is 183 Å². The number of nitrogens with zero attached hydrogens (tertiary/aromatic N) is 2. The average molecular weight is 447 g/mol. The first-order valence-electron chi connectivity index (χ1n) is 10.5. The van der Waals surface area contributed by atoms with Gasteiger partial charge in [-0.3, -0.25) is 5.32 Å². The second kappa shape index (κ2) is 8.82. The lowest BCUT2D eigenvalue weighted by molar-refractivity contribution is -0.154. The van der Waals surface area contributed by atoms with Gasteiger partial charge in [-0.25, -0.2) is 4.79 Å². The Morgan fingerprint density at radius 2 is 1.78 bits per heavy atom. The summed E-state index contributed by atoms with van der Waals surface area (Å²) in [4.78, 5) is 23.3. The molecule has 170 valence electrons. The van der Waals surface area contributed by atoms with Crippen molar-refractivity contribution in [2.45, 2.75) is 44.4 Å². The van der Waals surface area contributed by atoms with Gasteiger partial charge in [0.2, 0.25) is 0 Å². The van der Waals surface area contributed by atoms with E-state index in [1.165, 1.54) is 17.7 Å². The lowest BCUT2D eigenvalue weighted by atomic mass is 9.86. The van der Waals surface area contributed by atoms with E-state index in [-0.39, 0.29) is 0 Å². The molecule has 1 saturated heterocycles. The highest BCUT2D eigenvalue weighted by Gasteiger charge is 2.43. The number of halogens is 3. The molecular formula is C23H24F3N3O3. The van der Waals surface area contributed by atoms with Crippen LogP contribution in [0.1, 0.15) is 42.9 Å². The minimum Gasteiger partial charge on any atom is -0.388 e. The summed E-state index contributed by atoms with van der Waals surface area (Å²) >= 11 is 0. The number of amides is 1. The summed E-state index contributed by atoms with van der Waals surface area (Å²) in [6, 6.07) is 12.5. The minimum absolute atomic E-state index is 0.470. The average Bonchev–Trinajstić information content (AvgIpc) is 3.19. The molecule has 1 fully saturated rings. The molecule has 1 amide bonds. The fraction of sp³-hybridized carbons (Fsp3) is 0.391. The standard InChI is InChI=1S/C23H24F3N3O3/c1-2-16-3-9-19(10-4-16)27-21(30)31-29-13-11-22(12-14-29)15-20(28-32-22)17-5-7-18(8-6-17)23(24,25)26/h3-10H,2,11-15H2,1H3,(H,27,30). The molecular weight excluding hydrogens is 423 g/mol. The largest absolute Gasteiger partial charge is 0.430 e. The third kappa shape index (κ3) is 5.04. The molecule has 1 N–H and O–H groups in total. The Balaban J connectivity index is 1.27. The number of hydrogen-bond acceptors (Lipinski definition) is 5. The summed E-state index contributed by atoms with van der Waals surface area (Å²) in [6.45, 7) is 3.00. The van der Waals surface area contributed by atoms with Crippen LogP contribution in [0.25, 0.3) is 0 Å². The zero-order valence-electron chi connectivity index (χ0n) is 17.6. The van der Waals surface area contributed by atoms with Gasteiger partial charge in [0.1, 0.15) is 5.60 Å². The molecule has 0 aromatic heterocycles. The molecule has 0 atom stereocenters. The predicted octanol–water partition coefficient (Wildman–Crippen LogP) is 5.39. The van der Waals surface area contributed by atoms with E-state index in [1.807, 2.05) is 24.3 Å². The van der Waals surface area contributed by atoms with Crippen LogP contribution >= 0.6 is 0 Å². The van der Waals surface area contributed by atoms with Crippen LogP contribution in [0.3, 0.4) is 0 Å². The molecule has 0 saturated carbocycles. The van der Waals surface area contributed by atoms with Crippen molar-refractivity contribution in [3.63, 3.8) is 0 Å². The van der Waals surface area contributed by atoms with Crippen LogP contribution in [0.2, 0.25) is 0 Å². The maximum absolute atomic E-state index is 12.8. The van der Waals surface area contributed by atoms with Crippen molar-refractivity contribution in [3.05, 3.63) is 65.2 Å². The number of piperidine rings is 1. The van der Waals surface area contributed by atoms with Crippen molar-refractivity contribution < 1.29 is 27.6 Å². The SMILES string of the molecule is CCc1ccc(NC(=O)ON2CCC3(CC2)CC(c2ccc(C(F)(F)F)cc2)=NO3)cc1. The molecule has 0 unspecified atom stereocenters. The molecule has 6 nitrogen and oxygen atoms in total. The fourth-order valence-electron chi connectivity index (χ4n) is 3.86. The zero-order valence-corrected chi connectivity index (χ0v) is 17.6. The highest BCUT2D eigenvalue weighted by atomic mass is 19.4. The predicted molar refractivity (Wildman–Crippen MR) is 113 cm³/mol. The summed E-state index contributed by atoms with van der Waals surface area (Å²) in [5.41, 5.74) is 1.86. The van der Waals surface area contributed by atoms with Gasteiger partial charge in [0.05, 0.1) is 11.3 Å². The van der Waals surface area contributed by atoms with Gasteiger partial charge in [-0.1, -0.05) is 36.3 Å². The minimum atomic E-state index is -4.37. The Morgan fingerprint density at radius 1 is 1.12 bits per heavy atom. The molecule has 2 aromatic carbocycles. The molecule has 2 aromatic rings. The van der Waals surface area contributed by atoms with E-state index in [0.717, 1.165) is 18.6 Å². The number of anilines is 1. The van der Waals surface area contributed by atoms with Gasteiger partial charge in [0.15, 0.2) is 0 Å². The molecule has 4 rings (SSSR count). The van der Waals surface area contributed by atoms with E-state index in [0.29, 0.717) is 49.3 Å². The third-order valence-corrected chi connectivity index (χ3v) is 5.84. The number of rotatable bonds is 4. The molecule has 2 aliphatic heterocycles. The van der Waals surface area contributed by atoms with E-state index in [4.69, 9.17) is 9.68 Å². The second-order valence-corrected chi connectivity index (χ2v) is 8.05. The number of aryl methyl sites for hydroxylation is 1. The van der Waals surface area contributed by atoms with Crippen LogP contribution in [-0.2, 0) is 22.3 Å². The van der Waals surface area contributed by atoms with Crippen LogP contribution in [0, 0.1) is 0 Å². The number of carbonyl (C=O) groups excluding carboxylic acids is 1. The van der Waals surface area contributed by atoms with Gasteiger partial charge in [0.25, 0.3) is 0 Å². The Hall–Kier alpha value is -3.07. The lowest BCUT2D eigenvalue weighted by Gasteiger charge is -2.35. The van der Waals surface area contributed by atoms with Gasteiger partial charge < -0.3 is 9.68 Å². The van der Waals surface area contributed by atoms with Crippen LogP contribution < -0.4 is 5.32 Å². The number of nitrogens with one attached hydrogen (secondary N) is 1. The Morgan fingerprint density at radius 3 is 2.38 bits per heavy atom. The monoisotopic (exact) mass is 447 g/mol. The van der Waals surface area contributed by atoms with E-state index in [1.54, 1.807) is 5.06 Å². The van der Waals surface area contributed by atoms with Crippen molar-refractivity contribution in [1.29, 1.82) is 0 Å². The third-order valence-electron chi connectivity index (χ3n) is 5.84. The summed E-state index contributed by atoms with van der Waals surface area (Å²) in [5, 5.41) is 8.42. The lowest BCUT2D eigenvalue weighted by Crippen LogP contribution is -2.45. The van der Waals surface area contributed by atoms with E-state index >= 15 is 0 Å². The molecule has 9 heteroatoms. The number of hydrogen-bond donors (Lipinski definition) is 1. The number of oxime groups is 1. The van der Waals surface area contributed by atoms with Gasteiger partial charge in [-0.05, 0) is 41.8 Å². The van der Waals surface area contributed by atoms with Crippen molar-refractivity contribution in [3.8, 4) is 0 Å². The highest BCUT2D eigenvalue weighted by molar-refractivity contribution is 6.01. The normalized spacial score (nSPS) is 18.2. The number of carbonyl (C=O) groups is 1. The molecule has 0 aliphatic carbocycles. The fourth-order valence-corrected chi connectivity index (χ4v) is 3.86. The van der Waals surface area contributed by atoms with Crippen LogP contribution in [0.5, 0.6) is 0 Å². The van der Waals surface area contributed by atoms with E-state index in [9.17, 15) is 18.0 Å². The molecule has 0 radical (unpaired) electrons. The van der Waals surface area contributed by atoms with Gasteiger partial charge in [-0.2, -0.15) is 13.2 Å². The Bertz CT molecular complexity index is 980. The van der Waals surface area contributed by atoms with Crippen molar-refractivity contribution in [2.75, 3.05) is 18.4 Å². The van der Waals surface area contributed by atoms with Crippen LogP contribution in [-0.4, -0.2) is 35.6 Å². The first-order valence-corrected chi connectivity index (χ1v) is 10.5. The highest BCUT2D eigenvalue weighted by Crippen LogP contribution is 2.37.